The molecule has 0 saturated heterocycles. The van der Waals surface area contributed by atoms with Crippen LogP contribution in [0.4, 0.5) is 13.2 Å². The third-order valence-corrected chi connectivity index (χ3v) is 2.35. The standard InChI is InChI=1S/C9H9F3N4O2/c1-2-3-16-5-4(6(17)15-8(16)18)13-7(14-5)9(10,11)12/h2-3H2,1H3,(H,13,14)(H,15,17,18). The summed E-state index contributed by atoms with van der Waals surface area (Å²) in [6.45, 7) is 1.93. The molecular weight excluding hydrogens is 253 g/mol. The molecule has 9 heteroatoms. The number of aromatic amines is 2. The molecule has 0 fully saturated rings. The van der Waals surface area contributed by atoms with Gasteiger partial charge < -0.3 is 4.98 Å². The van der Waals surface area contributed by atoms with Crippen LogP contribution in [0.5, 0.6) is 0 Å². The van der Waals surface area contributed by atoms with E-state index in [1.807, 2.05) is 9.97 Å². The minimum atomic E-state index is -4.70. The highest BCUT2D eigenvalue weighted by Crippen LogP contribution is 2.27. The fourth-order valence-corrected chi connectivity index (χ4v) is 1.61. The summed E-state index contributed by atoms with van der Waals surface area (Å²) < 4.78 is 38.5. The zero-order valence-electron chi connectivity index (χ0n) is 9.26. The van der Waals surface area contributed by atoms with Gasteiger partial charge in [0.05, 0.1) is 0 Å². The Bertz CT molecular complexity index is 694. The summed E-state index contributed by atoms with van der Waals surface area (Å²) >= 11 is 0. The molecular formula is C9H9F3N4O2. The van der Waals surface area contributed by atoms with Gasteiger partial charge in [-0.05, 0) is 6.42 Å². The summed E-state index contributed by atoms with van der Waals surface area (Å²) in [5.41, 5.74) is -2.31. The summed E-state index contributed by atoms with van der Waals surface area (Å²) in [6, 6.07) is 0. The molecule has 0 unspecified atom stereocenters. The summed E-state index contributed by atoms with van der Waals surface area (Å²) in [5, 5.41) is 0. The number of fused-ring (bicyclic) bond motifs is 1. The van der Waals surface area contributed by atoms with Crippen LogP contribution in [-0.2, 0) is 12.7 Å². The Balaban J connectivity index is 2.82. The van der Waals surface area contributed by atoms with Gasteiger partial charge in [0, 0.05) is 6.54 Å². The van der Waals surface area contributed by atoms with E-state index in [4.69, 9.17) is 0 Å². The van der Waals surface area contributed by atoms with Crippen molar-refractivity contribution in [2.24, 2.45) is 0 Å². The molecule has 0 aromatic carbocycles. The molecule has 0 radical (unpaired) electrons. The van der Waals surface area contributed by atoms with E-state index in [1.54, 1.807) is 6.92 Å². The molecule has 0 saturated carbocycles. The van der Waals surface area contributed by atoms with Gasteiger partial charge in [-0.1, -0.05) is 6.92 Å². The fourth-order valence-electron chi connectivity index (χ4n) is 1.61. The van der Waals surface area contributed by atoms with Crippen molar-refractivity contribution >= 4 is 11.2 Å². The zero-order valence-corrected chi connectivity index (χ0v) is 9.26. The highest BCUT2D eigenvalue weighted by Gasteiger charge is 2.35. The molecule has 2 heterocycles. The van der Waals surface area contributed by atoms with Gasteiger partial charge in [0.2, 0.25) is 5.82 Å². The topological polar surface area (TPSA) is 83.5 Å². The van der Waals surface area contributed by atoms with E-state index in [2.05, 4.69) is 4.98 Å². The van der Waals surface area contributed by atoms with Gasteiger partial charge in [-0.2, -0.15) is 13.2 Å². The summed E-state index contributed by atoms with van der Waals surface area (Å²) in [7, 11) is 0. The van der Waals surface area contributed by atoms with Crippen LogP contribution in [0.2, 0.25) is 0 Å². The maximum Gasteiger partial charge on any atom is 0.449 e. The number of aryl methyl sites for hydroxylation is 1. The fraction of sp³-hybridized carbons (Fsp3) is 0.444. The van der Waals surface area contributed by atoms with Gasteiger partial charge >= 0.3 is 11.9 Å². The smallest absolute Gasteiger partial charge is 0.328 e. The molecule has 6 nitrogen and oxygen atoms in total. The van der Waals surface area contributed by atoms with E-state index >= 15 is 0 Å². The van der Waals surface area contributed by atoms with Crippen molar-refractivity contribution in [3.63, 3.8) is 0 Å². The second kappa shape index (κ2) is 4.00. The molecule has 2 aromatic rings. The molecule has 0 bridgehead atoms. The number of hydrogen-bond donors (Lipinski definition) is 2. The van der Waals surface area contributed by atoms with Crippen LogP contribution in [0, 0.1) is 0 Å². The number of aromatic nitrogens is 4. The first kappa shape index (κ1) is 12.4. The SMILES string of the molecule is CCCn1c(=O)[nH]c(=O)c2[nH]c(C(F)(F)F)nc21. The van der Waals surface area contributed by atoms with Crippen LogP contribution < -0.4 is 11.2 Å². The number of nitrogens with zero attached hydrogens (tertiary/aromatic N) is 2. The first-order chi connectivity index (χ1) is 8.34. The van der Waals surface area contributed by atoms with E-state index < -0.39 is 23.2 Å². The van der Waals surface area contributed by atoms with Gasteiger partial charge in [-0.15, -0.1) is 0 Å². The molecule has 0 amide bonds. The van der Waals surface area contributed by atoms with Gasteiger partial charge in [0.25, 0.3) is 5.56 Å². The lowest BCUT2D eigenvalue weighted by Crippen LogP contribution is -2.30. The molecule has 0 spiro atoms. The molecule has 0 aliphatic rings. The van der Waals surface area contributed by atoms with Crippen LogP contribution in [0.25, 0.3) is 11.2 Å². The summed E-state index contributed by atoms with van der Waals surface area (Å²) in [6.07, 6.45) is -4.17. The molecule has 0 aliphatic heterocycles. The average Bonchev–Trinajstić information content (AvgIpc) is 2.68. The van der Waals surface area contributed by atoms with Crippen LogP contribution >= 0.6 is 0 Å². The number of nitrogens with one attached hydrogen (secondary N) is 2. The third kappa shape index (κ3) is 1.91. The molecule has 98 valence electrons. The van der Waals surface area contributed by atoms with E-state index in [0.29, 0.717) is 6.42 Å². The molecule has 2 rings (SSSR count). The maximum atomic E-state index is 12.5. The summed E-state index contributed by atoms with van der Waals surface area (Å²) in [4.78, 5) is 30.0. The normalized spacial score (nSPS) is 12.2. The molecule has 2 aromatic heterocycles. The Morgan fingerprint density at radius 1 is 1.28 bits per heavy atom. The lowest BCUT2D eigenvalue weighted by Gasteiger charge is -2.02. The van der Waals surface area contributed by atoms with Crippen molar-refractivity contribution in [3.8, 4) is 0 Å². The number of alkyl halides is 3. The van der Waals surface area contributed by atoms with Crippen molar-refractivity contribution in [1.29, 1.82) is 0 Å². The quantitative estimate of drug-likeness (QED) is 0.841. The Labute approximate surface area is 97.5 Å². The predicted molar refractivity (Wildman–Crippen MR) is 56.3 cm³/mol. The van der Waals surface area contributed by atoms with Crippen LogP contribution in [-0.4, -0.2) is 19.5 Å². The first-order valence-corrected chi connectivity index (χ1v) is 5.14. The third-order valence-electron chi connectivity index (χ3n) is 2.35. The average molecular weight is 262 g/mol. The molecule has 0 aliphatic carbocycles. The largest absolute Gasteiger partial charge is 0.449 e. The van der Waals surface area contributed by atoms with Crippen LogP contribution in [0.3, 0.4) is 0 Å². The van der Waals surface area contributed by atoms with Crippen molar-refractivity contribution in [2.45, 2.75) is 26.1 Å². The van der Waals surface area contributed by atoms with E-state index in [1.165, 1.54) is 0 Å². The van der Waals surface area contributed by atoms with E-state index in [-0.39, 0.29) is 17.7 Å². The molecule has 18 heavy (non-hydrogen) atoms. The number of rotatable bonds is 2. The van der Waals surface area contributed by atoms with E-state index in [9.17, 15) is 22.8 Å². The maximum absolute atomic E-state index is 12.5. The van der Waals surface area contributed by atoms with Gasteiger partial charge in [-0.25, -0.2) is 9.78 Å². The Kier molecular flexibility index (Phi) is 2.76. The minimum Gasteiger partial charge on any atom is -0.328 e. The zero-order chi connectivity index (χ0) is 13.5. The second-order valence-electron chi connectivity index (χ2n) is 3.69. The first-order valence-electron chi connectivity index (χ1n) is 5.14. The predicted octanol–water partition coefficient (Wildman–Crippen LogP) is 0.842. The number of hydrogen-bond acceptors (Lipinski definition) is 3. The van der Waals surface area contributed by atoms with Crippen molar-refractivity contribution < 1.29 is 13.2 Å². The van der Waals surface area contributed by atoms with Gasteiger partial charge in [0.15, 0.2) is 5.65 Å². The molecule has 2 N–H and O–H groups in total. The minimum absolute atomic E-state index is 0.175. The van der Waals surface area contributed by atoms with Crippen molar-refractivity contribution in [1.82, 2.24) is 19.5 Å². The lowest BCUT2D eigenvalue weighted by atomic mass is 10.4. The van der Waals surface area contributed by atoms with Crippen molar-refractivity contribution in [2.75, 3.05) is 0 Å². The van der Waals surface area contributed by atoms with Gasteiger partial charge in [-0.3, -0.25) is 14.3 Å². The monoisotopic (exact) mass is 262 g/mol. The Hall–Kier alpha value is -2.06. The molecule has 0 atom stereocenters. The Morgan fingerprint density at radius 3 is 2.50 bits per heavy atom. The van der Waals surface area contributed by atoms with Crippen molar-refractivity contribution in [3.05, 3.63) is 26.7 Å². The van der Waals surface area contributed by atoms with E-state index in [0.717, 1.165) is 4.57 Å². The number of imidazole rings is 1. The second-order valence-corrected chi connectivity index (χ2v) is 3.69. The number of halogens is 3. The Morgan fingerprint density at radius 2 is 1.94 bits per heavy atom. The highest BCUT2D eigenvalue weighted by atomic mass is 19.4. The summed E-state index contributed by atoms with van der Waals surface area (Å²) in [5.74, 6) is -1.29. The highest BCUT2D eigenvalue weighted by molar-refractivity contribution is 5.69. The number of H-pyrrole nitrogens is 2. The van der Waals surface area contributed by atoms with Crippen LogP contribution in [0.1, 0.15) is 19.2 Å². The van der Waals surface area contributed by atoms with Gasteiger partial charge in [0.1, 0.15) is 5.52 Å². The lowest BCUT2D eigenvalue weighted by molar-refractivity contribution is -0.144. The van der Waals surface area contributed by atoms with Crippen LogP contribution in [0.15, 0.2) is 9.59 Å².